The Balaban J connectivity index is 1.76. The van der Waals surface area contributed by atoms with Gasteiger partial charge in [-0.1, -0.05) is 20.8 Å². The van der Waals surface area contributed by atoms with Gasteiger partial charge in [0.1, 0.15) is 16.5 Å². The molecule has 12 nitrogen and oxygen atoms in total. The molecule has 13 heteroatoms. The van der Waals surface area contributed by atoms with Crippen molar-refractivity contribution < 1.29 is 33.8 Å². The molecule has 1 unspecified atom stereocenters. The van der Waals surface area contributed by atoms with E-state index in [9.17, 15) is 24.3 Å². The largest absolute Gasteiger partial charge is 0.505 e. The Bertz CT molecular complexity index is 1230. The third kappa shape index (κ3) is 9.74. The fourth-order valence-corrected chi connectivity index (χ4v) is 5.62. The number of thiazole rings is 1. The van der Waals surface area contributed by atoms with E-state index in [1.54, 1.807) is 24.3 Å². The molecule has 1 aliphatic carbocycles. The highest BCUT2D eigenvalue weighted by Crippen LogP contribution is 2.35. The molecule has 3 rings (SSSR count). The third-order valence-corrected chi connectivity index (χ3v) is 8.25. The number of ether oxygens (including phenoxy) is 2. The summed E-state index contributed by atoms with van der Waals surface area (Å²) < 4.78 is 10.5. The van der Waals surface area contributed by atoms with E-state index in [1.165, 1.54) is 37.8 Å². The van der Waals surface area contributed by atoms with Gasteiger partial charge in [-0.25, -0.2) is 15.0 Å². The maximum Gasteiger partial charge on any atom is 0.308 e. The lowest BCUT2D eigenvalue weighted by molar-refractivity contribution is -0.148. The first-order valence-electron chi connectivity index (χ1n) is 14.1. The zero-order valence-electron chi connectivity index (χ0n) is 25.0. The summed E-state index contributed by atoms with van der Waals surface area (Å²) in [7, 11) is 3.09. The predicted octanol–water partition coefficient (Wildman–Crippen LogP) is 3.46. The maximum absolute atomic E-state index is 13.3. The van der Waals surface area contributed by atoms with Gasteiger partial charge in [0.25, 0.3) is 5.91 Å². The molecule has 0 aliphatic heterocycles. The molecular formula is C29H41N5O7S. The van der Waals surface area contributed by atoms with Crippen LogP contribution < -0.4 is 5.32 Å². The van der Waals surface area contributed by atoms with Crippen molar-refractivity contribution in [3.8, 4) is 5.75 Å². The number of aromatic hydroxyl groups is 1. The van der Waals surface area contributed by atoms with Crippen molar-refractivity contribution in [2.24, 2.45) is 17.8 Å². The number of methoxy groups -OCH3 is 1. The highest BCUT2D eigenvalue weighted by atomic mass is 32.1. The van der Waals surface area contributed by atoms with Gasteiger partial charge in [0.05, 0.1) is 25.4 Å². The van der Waals surface area contributed by atoms with Gasteiger partial charge in [-0.15, -0.1) is 11.3 Å². The van der Waals surface area contributed by atoms with Crippen LogP contribution >= 0.6 is 11.3 Å². The highest BCUT2D eigenvalue weighted by molar-refractivity contribution is 7.09. The third-order valence-electron chi connectivity index (χ3n) is 7.31. The van der Waals surface area contributed by atoms with E-state index in [4.69, 9.17) is 9.47 Å². The molecule has 2 heterocycles. The number of rotatable bonds is 15. The summed E-state index contributed by atoms with van der Waals surface area (Å²) in [5, 5.41) is 14.5. The molecule has 42 heavy (non-hydrogen) atoms. The number of carbonyl (C=O) groups excluding carboxylic acids is 4. The molecule has 2 aromatic rings. The molecular weight excluding hydrogens is 562 g/mol. The summed E-state index contributed by atoms with van der Waals surface area (Å²) >= 11 is 1.20. The lowest BCUT2D eigenvalue weighted by Gasteiger charge is -2.33. The van der Waals surface area contributed by atoms with Crippen molar-refractivity contribution >= 4 is 35.1 Å². The van der Waals surface area contributed by atoms with Gasteiger partial charge in [-0.05, 0) is 31.1 Å². The lowest BCUT2D eigenvalue weighted by atomic mass is 9.96. The quantitative estimate of drug-likeness (QED) is 0.289. The molecule has 0 aromatic carbocycles. The summed E-state index contributed by atoms with van der Waals surface area (Å²) in [5.41, 5.74) is 0.133. The number of esters is 2. The molecule has 4 atom stereocenters. The average Bonchev–Trinajstić information content (AvgIpc) is 3.61. The Morgan fingerprint density at radius 2 is 1.81 bits per heavy atom. The van der Waals surface area contributed by atoms with Gasteiger partial charge in [-0.2, -0.15) is 0 Å². The van der Waals surface area contributed by atoms with Crippen molar-refractivity contribution in [2.45, 2.75) is 84.4 Å². The van der Waals surface area contributed by atoms with Crippen molar-refractivity contribution in [3.63, 3.8) is 0 Å². The Kier molecular flexibility index (Phi) is 11.8. The van der Waals surface area contributed by atoms with Gasteiger partial charge < -0.3 is 24.8 Å². The molecule has 0 saturated heterocycles. The molecule has 1 saturated carbocycles. The molecule has 2 N–H and O–H groups in total. The Morgan fingerprint density at radius 1 is 1.14 bits per heavy atom. The molecule has 0 radical (unpaired) electrons. The van der Waals surface area contributed by atoms with Crippen LogP contribution in [0.25, 0.3) is 0 Å². The first-order chi connectivity index (χ1) is 19.9. The van der Waals surface area contributed by atoms with Crippen LogP contribution in [0.5, 0.6) is 5.75 Å². The minimum Gasteiger partial charge on any atom is -0.505 e. The van der Waals surface area contributed by atoms with Gasteiger partial charge >= 0.3 is 11.9 Å². The van der Waals surface area contributed by atoms with Crippen molar-refractivity contribution in [3.05, 3.63) is 34.3 Å². The van der Waals surface area contributed by atoms with Crippen LogP contribution in [0.4, 0.5) is 0 Å². The minimum atomic E-state index is -0.738. The number of hydrogen-bond donors (Lipinski definition) is 2. The molecule has 0 bridgehead atoms. The summed E-state index contributed by atoms with van der Waals surface area (Å²) in [6.07, 6.45) is 5.26. The highest BCUT2D eigenvalue weighted by Gasteiger charge is 2.33. The number of nitrogens with one attached hydrogen (secondary N) is 1. The van der Waals surface area contributed by atoms with Gasteiger partial charge in [0, 0.05) is 50.7 Å². The van der Waals surface area contributed by atoms with Crippen molar-refractivity contribution in [1.82, 2.24) is 25.2 Å². The van der Waals surface area contributed by atoms with Crippen molar-refractivity contribution in [2.75, 3.05) is 14.2 Å². The fraction of sp³-hybridized carbons (Fsp3) is 0.621. The van der Waals surface area contributed by atoms with Crippen LogP contribution in [0, 0.1) is 17.8 Å². The van der Waals surface area contributed by atoms with Crippen LogP contribution in [0.15, 0.2) is 17.8 Å². The fourth-order valence-electron chi connectivity index (χ4n) is 4.78. The Hall–Kier alpha value is -3.61. The van der Waals surface area contributed by atoms with Crippen LogP contribution in [0.2, 0.25) is 0 Å². The maximum atomic E-state index is 13.3. The molecule has 1 aliphatic rings. The normalized spacial score (nSPS) is 15.8. The van der Waals surface area contributed by atoms with Crippen molar-refractivity contribution in [1.29, 1.82) is 0 Å². The zero-order chi connectivity index (χ0) is 31.0. The summed E-state index contributed by atoms with van der Waals surface area (Å²) in [6.45, 7) is 7.05. The zero-order valence-corrected chi connectivity index (χ0v) is 25.8. The van der Waals surface area contributed by atoms with E-state index >= 15 is 0 Å². The summed E-state index contributed by atoms with van der Waals surface area (Å²) in [6, 6.07) is -0.738. The van der Waals surface area contributed by atoms with Crippen LogP contribution in [-0.4, -0.2) is 75.0 Å². The van der Waals surface area contributed by atoms with Crippen LogP contribution in [0.3, 0.4) is 0 Å². The Morgan fingerprint density at radius 3 is 2.38 bits per heavy atom. The molecule has 230 valence electrons. The predicted molar refractivity (Wildman–Crippen MR) is 154 cm³/mol. The van der Waals surface area contributed by atoms with E-state index < -0.39 is 35.9 Å². The molecule has 1 fully saturated rings. The number of hydrogen-bond acceptors (Lipinski definition) is 11. The molecule has 2 amide bonds. The van der Waals surface area contributed by atoms with E-state index in [0.29, 0.717) is 29.6 Å². The Labute approximate surface area is 250 Å². The number of nitrogens with zero attached hydrogens (tertiary/aromatic N) is 4. The smallest absolute Gasteiger partial charge is 0.308 e. The second kappa shape index (κ2) is 15.0. The van der Waals surface area contributed by atoms with E-state index in [-0.39, 0.29) is 42.2 Å². The number of aromatic nitrogens is 3. The minimum absolute atomic E-state index is 0.0711. The number of carbonyl (C=O) groups is 4. The van der Waals surface area contributed by atoms with Crippen LogP contribution in [-0.2, 0) is 30.3 Å². The van der Waals surface area contributed by atoms with Gasteiger partial charge in [0.2, 0.25) is 5.91 Å². The van der Waals surface area contributed by atoms with Gasteiger partial charge in [0.15, 0.2) is 11.9 Å². The SMILES string of the molecule is COC(=O)[C@@H](C)C[C@H](Cc1ncc(O)cn1)NC(=O)c1csc([C@@H](CC(C(C)C)N(C)C(=O)CC2CC2)OC(C)=O)n1. The van der Waals surface area contributed by atoms with Crippen LogP contribution in [0.1, 0.15) is 87.2 Å². The van der Waals surface area contributed by atoms with E-state index in [0.717, 1.165) is 12.8 Å². The lowest BCUT2D eigenvalue weighted by Crippen LogP contribution is -2.42. The topological polar surface area (TPSA) is 161 Å². The summed E-state index contributed by atoms with van der Waals surface area (Å²) in [5.74, 6) is -0.969. The standard InChI is InChI=1S/C29H41N5O7S/c1-16(2)23(34(5)26(37)10-19-7-8-19)12-24(41-18(4)35)28-33-22(15-42-28)27(38)32-20(9-17(3)29(39)40-6)11-25-30-13-21(36)14-31-25/h13-17,19-20,23-24,36H,7-12H2,1-6H3,(H,32,38)/t17-,20+,23?,24+/m0/s1. The molecule has 2 aromatic heterocycles. The first kappa shape index (κ1) is 32.9. The second-order valence-electron chi connectivity index (χ2n) is 11.3. The van der Waals surface area contributed by atoms with E-state index in [2.05, 4.69) is 20.3 Å². The first-order valence-corrected chi connectivity index (χ1v) is 15.0. The monoisotopic (exact) mass is 603 g/mol. The molecule has 0 spiro atoms. The van der Waals surface area contributed by atoms with Gasteiger partial charge in [-0.3, -0.25) is 19.2 Å². The number of amides is 2. The van der Waals surface area contributed by atoms with E-state index in [1.807, 2.05) is 13.8 Å². The second-order valence-corrected chi connectivity index (χ2v) is 12.1. The average molecular weight is 604 g/mol. The summed E-state index contributed by atoms with van der Waals surface area (Å²) in [4.78, 5) is 64.7.